The molecule has 0 unspecified atom stereocenters. The summed E-state index contributed by atoms with van der Waals surface area (Å²) < 4.78 is 0. The molecule has 0 saturated carbocycles. The molecular formula is C21H35N9O13. The molecule has 0 aliphatic heterocycles. The molecule has 0 spiro atoms. The Kier molecular flexibility index (Phi) is 18.5. The number of hydrogen-bond donors (Lipinski definition) is 13. The van der Waals surface area contributed by atoms with Gasteiger partial charge in [0.2, 0.25) is 47.3 Å². The van der Waals surface area contributed by atoms with Crippen LogP contribution in [0.1, 0.15) is 0 Å². The van der Waals surface area contributed by atoms with E-state index in [0.717, 1.165) is 0 Å². The molecule has 8 amide bonds. The number of carboxylic acids is 1. The van der Waals surface area contributed by atoms with Crippen molar-refractivity contribution in [1.29, 1.82) is 0 Å². The number of carbonyl (C=O) groups excluding carboxylic acids is 8. The molecule has 0 bridgehead atoms. The van der Waals surface area contributed by atoms with E-state index in [4.69, 9.17) is 21.1 Å². The van der Waals surface area contributed by atoms with Gasteiger partial charge < -0.3 is 68.7 Å². The van der Waals surface area contributed by atoms with Gasteiger partial charge in [-0.1, -0.05) is 0 Å². The van der Waals surface area contributed by atoms with Gasteiger partial charge in [-0.15, -0.1) is 0 Å². The third-order valence-electron chi connectivity index (χ3n) is 4.84. The summed E-state index contributed by atoms with van der Waals surface area (Å²) in [6.07, 6.45) is 0. The van der Waals surface area contributed by atoms with Crippen LogP contribution in [-0.4, -0.2) is 151 Å². The summed E-state index contributed by atoms with van der Waals surface area (Å²) >= 11 is 0. The van der Waals surface area contributed by atoms with Crippen molar-refractivity contribution < 1.29 is 63.6 Å². The molecule has 0 radical (unpaired) electrons. The topological polar surface area (TPSA) is 357 Å². The average Bonchev–Trinajstić information content (AvgIpc) is 2.98. The van der Waals surface area contributed by atoms with Gasteiger partial charge in [0.05, 0.1) is 52.5 Å². The van der Waals surface area contributed by atoms with E-state index in [1.165, 1.54) is 0 Å². The Labute approximate surface area is 242 Å². The number of nitrogens with one attached hydrogen (secondary N) is 8. The fourth-order valence-electron chi connectivity index (χ4n) is 2.68. The maximum Gasteiger partial charge on any atom is 0.322 e. The lowest BCUT2D eigenvalue weighted by Crippen LogP contribution is -2.54. The molecule has 0 heterocycles. The van der Waals surface area contributed by atoms with Crippen molar-refractivity contribution in [3.05, 3.63) is 0 Å². The third-order valence-corrected chi connectivity index (χ3v) is 4.84. The van der Waals surface area contributed by atoms with Crippen LogP contribution in [0.15, 0.2) is 0 Å². The Bertz CT molecular complexity index is 1040. The standard InChI is InChI=1S/C21H35N9O13/c22-1-13(34)28-10(7-31)19(41)25-2-14(35)23-4-16(37)29-11(8-32)20(42)26-3-15(36)24-5-17(38)30-12(9-33)21(43)27-6-18(39)40/h10-12,31-33H,1-9,22H2,(H,23,35)(H,24,36)(H,25,41)(H,26,42)(H,27,43)(H,28,34)(H,29,37)(H,30,38)(H,39,40)/t10-,11-,12-/m0/s1. The lowest BCUT2D eigenvalue weighted by molar-refractivity contribution is -0.138. The van der Waals surface area contributed by atoms with Crippen LogP contribution < -0.4 is 48.3 Å². The Balaban J connectivity index is 4.48. The highest BCUT2D eigenvalue weighted by Crippen LogP contribution is 1.86. The van der Waals surface area contributed by atoms with Crippen LogP contribution in [0.25, 0.3) is 0 Å². The molecular weight excluding hydrogens is 586 g/mol. The Morgan fingerprint density at radius 1 is 0.465 bits per heavy atom. The average molecular weight is 622 g/mol. The summed E-state index contributed by atoms with van der Waals surface area (Å²) in [4.78, 5) is 105. The minimum absolute atomic E-state index is 0.438. The van der Waals surface area contributed by atoms with Crippen LogP contribution in [0.5, 0.6) is 0 Å². The molecule has 0 rings (SSSR count). The van der Waals surface area contributed by atoms with E-state index in [2.05, 4.69) is 37.2 Å². The normalized spacial score (nSPS) is 12.3. The van der Waals surface area contributed by atoms with E-state index < -0.39 is 130 Å². The number of aliphatic carboxylic acids is 1. The largest absolute Gasteiger partial charge is 0.480 e. The van der Waals surface area contributed by atoms with Crippen LogP contribution in [-0.2, 0) is 43.2 Å². The molecule has 0 aromatic rings. The molecule has 0 fully saturated rings. The first-order valence-electron chi connectivity index (χ1n) is 12.3. The zero-order chi connectivity index (χ0) is 32.9. The number of carbonyl (C=O) groups is 9. The number of rotatable bonds is 20. The first-order valence-corrected chi connectivity index (χ1v) is 12.3. The highest BCUT2D eigenvalue weighted by molar-refractivity contribution is 5.95. The molecule has 0 aromatic carbocycles. The van der Waals surface area contributed by atoms with Gasteiger partial charge in [-0.25, -0.2) is 0 Å². The zero-order valence-electron chi connectivity index (χ0n) is 22.6. The van der Waals surface area contributed by atoms with Crippen LogP contribution in [0, 0.1) is 0 Å². The van der Waals surface area contributed by atoms with Crippen molar-refractivity contribution in [3.63, 3.8) is 0 Å². The van der Waals surface area contributed by atoms with E-state index in [-0.39, 0.29) is 0 Å². The quantitative estimate of drug-likeness (QED) is 0.0600. The summed E-state index contributed by atoms with van der Waals surface area (Å²) in [7, 11) is 0. The summed E-state index contributed by atoms with van der Waals surface area (Å²) in [5.41, 5.74) is 5.09. The molecule has 14 N–H and O–H groups in total. The van der Waals surface area contributed by atoms with E-state index in [0.29, 0.717) is 0 Å². The van der Waals surface area contributed by atoms with Gasteiger partial charge in [-0.05, 0) is 0 Å². The maximum absolute atomic E-state index is 12.2. The summed E-state index contributed by atoms with van der Waals surface area (Å²) in [6, 6.07) is -4.40. The molecule has 242 valence electrons. The first-order chi connectivity index (χ1) is 20.3. The first kappa shape index (κ1) is 38.1. The second-order valence-electron chi connectivity index (χ2n) is 8.21. The monoisotopic (exact) mass is 621 g/mol. The molecule has 0 aliphatic rings. The lowest BCUT2D eigenvalue weighted by atomic mass is 10.2. The third kappa shape index (κ3) is 16.8. The Morgan fingerprint density at radius 2 is 0.767 bits per heavy atom. The van der Waals surface area contributed by atoms with Crippen molar-refractivity contribution in [2.24, 2.45) is 5.73 Å². The predicted octanol–water partition coefficient (Wildman–Crippen LogP) is -9.96. The number of hydrogen-bond acceptors (Lipinski definition) is 13. The Hall–Kier alpha value is -4.93. The molecule has 22 nitrogen and oxygen atoms in total. The van der Waals surface area contributed by atoms with Gasteiger partial charge >= 0.3 is 5.97 Å². The van der Waals surface area contributed by atoms with E-state index >= 15 is 0 Å². The molecule has 43 heavy (non-hydrogen) atoms. The smallest absolute Gasteiger partial charge is 0.322 e. The van der Waals surface area contributed by atoms with Gasteiger partial charge in [-0.3, -0.25) is 43.2 Å². The fraction of sp³-hybridized carbons (Fsp3) is 0.571. The Morgan fingerprint density at radius 3 is 1.07 bits per heavy atom. The van der Waals surface area contributed by atoms with Crippen LogP contribution in [0.3, 0.4) is 0 Å². The van der Waals surface area contributed by atoms with Gasteiger partial charge in [0.1, 0.15) is 24.7 Å². The molecule has 0 saturated heterocycles. The van der Waals surface area contributed by atoms with Crippen LogP contribution >= 0.6 is 0 Å². The van der Waals surface area contributed by atoms with Gasteiger partial charge in [0.25, 0.3) is 0 Å². The minimum Gasteiger partial charge on any atom is -0.480 e. The van der Waals surface area contributed by atoms with Crippen LogP contribution in [0.4, 0.5) is 0 Å². The number of carboxylic acid groups (broad SMARTS) is 1. The van der Waals surface area contributed by atoms with Crippen molar-refractivity contribution in [3.8, 4) is 0 Å². The summed E-state index contributed by atoms with van der Waals surface area (Å²) in [6.45, 7) is -6.47. The fourth-order valence-corrected chi connectivity index (χ4v) is 2.68. The second kappa shape index (κ2) is 20.9. The number of nitrogens with two attached hydrogens (primary N) is 1. The molecule has 3 atom stereocenters. The van der Waals surface area contributed by atoms with Crippen LogP contribution in [0.2, 0.25) is 0 Å². The number of aliphatic hydroxyl groups is 3. The van der Waals surface area contributed by atoms with Crippen molar-refractivity contribution in [2.75, 3.05) is 59.1 Å². The van der Waals surface area contributed by atoms with Gasteiger partial charge in [0, 0.05) is 0 Å². The van der Waals surface area contributed by atoms with Gasteiger partial charge in [0.15, 0.2) is 0 Å². The molecule has 0 aliphatic carbocycles. The molecule has 22 heteroatoms. The van der Waals surface area contributed by atoms with Crippen molar-refractivity contribution in [1.82, 2.24) is 42.5 Å². The predicted molar refractivity (Wildman–Crippen MR) is 139 cm³/mol. The zero-order valence-corrected chi connectivity index (χ0v) is 22.6. The summed E-state index contributed by atoms with van der Waals surface area (Å²) in [5, 5.41) is 52.8. The van der Waals surface area contributed by atoms with E-state index in [1.54, 1.807) is 0 Å². The highest BCUT2D eigenvalue weighted by Gasteiger charge is 2.23. The lowest BCUT2D eigenvalue weighted by Gasteiger charge is -2.17. The SMILES string of the molecule is NCC(=O)N[C@@H](CO)C(=O)NCC(=O)NCC(=O)N[C@@H](CO)C(=O)NCC(=O)NCC(=O)N[C@@H](CO)C(=O)NCC(=O)O. The van der Waals surface area contributed by atoms with E-state index in [9.17, 15) is 48.3 Å². The number of aliphatic hydroxyl groups excluding tert-OH is 3. The van der Waals surface area contributed by atoms with Crippen molar-refractivity contribution in [2.45, 2.75) is 18.1 Å². The molecule has 0 aromatic heterocycles. The van der Waals surface area contributed by atoms with Crippen molar-refractivity contribution >= 4 is 53.2 Å². The highest BCUT2D eigenvalue weighted by atomic mass is 16.4. The minimum atomic E-state index is -1.55. The maximum atomic E-state index is 12.2. The van der Waals surface area contributed by atoms with E-state index in [1.807, 2.05) is 5.32 Å². The number of amides is 8. The second-order valence-corrected chi connectivity index (χ2v) is 8.21. The summed E-state index contributed by atoms with van der Waals surface area (Å²) in [5.74, 6) is -8.61. The van der Waals surface area contributed by atoms with Gasteiger partial charge in [-0.2, -0.15) is 0 Å².